The van der Waals surface area contributed by atoms with E-state index in [0.29, 0.717) is 0 Å². The van der Waals surface area contributed by atoms with Gasteiger partial charge in [0.2, 0.25) is 0 Å². The second-order valence-electron chi connectivity index (χ2n) is 2.64. The van der Waals surface area contributed by atoms with Gasteiger partial charge in [0, 0.05) is 17.1 Å². The second-order valence-corrected chi connectivity index (χ2v) is 2.64. The van der Waals surface area contributed by atoms with Crippen LogP contribution in [-0.4, -0.2) is 33.2 Å². The molecule has 0 atom stereocenters. The molecule has 0 amide bonds. The van der Waals surface area contributed by atoms with Crippen molar-refractivity contribution in [2.24, 2.45) is 0 Å². The number of benzene rings is 1. The first-order valence-corrected chi connectivity index (χ1v) is 3.78. The van der Waals surface area contributed by atoms with E-state index >= 15 is 0 Å². The Bertz CT molecular complexity index is 421. The Balaban J connectivity index is 0.00000225. The van der Waals surface area contributed by atoms with Gasteiger partial charge in [-0.1, -0.05) is 6.07 Å². The Morgan fingerprint density at radius 2 is 1.19 bits per heavy atom. The van der Waals surface area contributed by atoms with Crippen LogP contribution in [0.2, 0.25) is 0 Å². The van der Waals surface area contributed by atoms with Crippen LogP contribution in [0.1, 0.15) is 31.1 Å². The Kier molecular flexibility index (Phi) is 4.68. The number of carboxylic acids is 3. The Morgan fingerprint density at radius 1 is 0.812 bits per heavy atom. The van der Waals surface area contributed by atoms with Crippen LogP contribution in [0.3, 0.4) is 0 Å². The summed E-state index contributed by atoms with van der Waals surface area (Å²) in [6, 6.07) is 3.26. The maximum absolute atomic E-state index is 10.7. The summed E-state index contributed by atoms with van der Waals surface area (Å²) in [5.74, 6) is -4.53. The summed E-state index contributed by atoms with van der Waals surface area (Å²) in [6.07, 6.45) is 0. The molecule has 0 saturated carbocycles. The Hall–Kier alpha value is -1.85. The van der Waals surface area contributed by atoms with Gasteiger partial charge in [0.05, 0.1) is 16.7 Å². The van der Waals surface area contributed by atoms with E-state index in [1.54, 1.807) is 0 Å². The molecule has 6 nitrogen and oxygen atoms in total. The van der Waals surface area contributed by atoms with Crippen molar-refractivity contribution in [3.05, 3.63) is 34.9 Å². The van der Waals surface area contributed by atoms with Crippen molar-refractivity contribution >= 4 is 17.9 Å². The minimum atomic E-state index is -1.58. The zero-order chi connectivity index (χ0) is 11.6. The van der Waals surface area contributed by atoms with E-state index in [0.717, 1.165) is 12.1 Å². The molecule has 0 aliphatic carbocycles. The third-order valence-corrected chi connectivity index (χ3v) is 1.74. The van der Waals surface area contributed by atoms with E-state index in [9.17, 15) is 14.4 Å². The predicted octanol–water partition coefficient (Wildman–Crippen LogP) is 0.779. The third-order valence-electron chi connectivity index (χ3n) is 1.74. The fraction of sp³-hybridized carbons (Fsp3) is 0. The summed E-state index contributed by atoms with van der Waals surface area (Å²) in [7, 11) is 0. The van der Waals surface area contributed by atoms with Crippen molar-refractivity contribution in [1.82, 2.24) is 0 Å². The fourth-order valence-corrected chi connectivity index (χ4v) is 1.14. The minimum Gasteiger partial charge on any atom is -0.478 e. The monoisotopic (exact) mass is 266 g/mol. The smallest absolute Gasteiger partial charge is 0.337 e. The number of hydrogen-bond acceptors (Lipinski definition) is 3. The quantitative estimate of drug-likeness (QED) is 0.697. The van der Waals surface area contributed by atoms with Gasteiger partial charge in [-0.3, -0.25) is 0 Å². The van der Waals surface area contributed by atoms with Crippen LogP contribution in [0.5, 0.6) is 0 Å². The maximum atomic E-state index is 10.7. The normalized spacial score (nSPS) is 9.00. The Morgan fingerprint density at radius 3 is 1.44 bits per heavy atom. The number of aromatic carboxylic acids is 3. The standard InChI is InChI=1S/C9H6O6.Fe/c10-7(11)4-2-1-3-5(8(12)13)6(4)9(14)15;/h1-3H,(H,10,11)(H,12,13)(H,14,15);. The zero-order valence-corrected chi connectivity index (χ0v) is 8.76. The molecular weight excluding hydrogens is 260 g/mol. The SMILES string of the molecule is O=C(O)c1cccc(C(=O)O)c1C(=O)O.[Fe]. The van der Waals surface area contributed by atoms with Crippen molar-refractivity contribution in [3.63, 3.8) is 0 Å². The predicted molar refractivity (Wildman–Crippen MR) is 47.3 cm³/mol. The van der Waals surface area contributed by atoms with Gasteiger partial charge in [0.15, 0.2) is 0 Å². The zero-order valence-electron chi connectivity index (χ0n) is 7.65. The first-order valence-electron chi connectivity index (χ1n) is 3.78. The fourth-order valence-electron chi connectivity index (χ4n) is 1.14. The molecule has 16 heavy (non-hydrogen) atoms. The van der Waals surface area contributed by atoms with Crippen LogP contribution in [0, 0.1) is 0 Å². The molecule has 0 heterocycles. The molecule has 1 aromatic rings. The molecule has 0 radical (unpaired) electrons. The van der Waals surface area contributed by atoms with Crippen molar-refractivity contribution in [3.8, 4) is 0 Å². The van der Waals surface area contributed by atoms with E-state index in [4.69, 9.17) is 15.3 Å². The molecule has 3 N–H and O–H groups in total. The topological polar surface area (TPSA) is 112 Å². The van der Waals surface area contributed by atoms with Gasteiger partial charge in [0.1, 0.15) is 0 Å². The summed E-state index contributed by atoms with van der Waals surface area (Å²) in [4.78, 5) is 32.0. The first-order chi connectivity index (χ1) is 6.95. The van der Waals surface area contributed by atoms with Gasteiger partial charge in [-0.05, 0) is 12.1 Å². The van der Waals surface area contributed by atoms with E-state index in [1.807, 2.05) is 0 Å². The van der Waals surface area contributed by atoms with Gasteiger partial charge in [-0.25, -0.2) is 14.4 Å². The molecule has 86 valence electrons. The van der Waals surface area contributed by atoms with Crippen molar-refractivity contribution in [2.45, 2.75) is 0 Å². The summed E-state index contributed by atoms with van der Waals surface area (Å²) in [5, 5.41) is 26.0. The molecule has 0 bridgehead atoms. The van der Waals surface area contributed by atoms with Gasteiger partial charge in [0.25, 0.3) is 0 Å². The van der Waals surface area contributed by atoms with Crippen molar-refractivity contribution < 1.29 is 46.8 Å². The van der Waals surface area contributed by atoms with Gasteiger partial charge < -0.3 is 15.3 Å². The van der Waals surface area contributed by atoms with Gasteiger partial charge in [-0.15, -0.1) is 0 Å². The molecule has 0 aliphatic rings. The van der Waals surface area contributed by atoms with Crippen LogP contribution < -0.4 is 0 Å². The van der Waals surface area contributed by atoms with Gasteiger partial charge >= 0.3 is 17.9 Å². The van der Waals surface area contributed by atoms with Crippen LogP contribution in [0.4, 0.5) is 0 Å². The van der Waals surface area contributed by atoms with Crippen molar-refractivity contribution in [2.75, 3.05) is 0 Å². The van der Waals surface area contributed by atoms with Crippen LogP contribution in [0.15, 0.2) is 18.2 Å². The maximum Gasteiger partial charge on any atom is 0.337 e. The number of hydrogen-bond donors (Lipinski definition) is 3. The molecular formula is C9H6FeO6. The summed E-state index contributed by atoms with van der Waals surface area (Å²) >= 11 is 0. The van der Waals surface area contributed by atoms with Crippen LogP contribution in [-0.2, 0) is 17.1 Å². The average Bonchev–Trinajstić information content (AvgIpc) is 2.16. The van der Waals surface area contributed by atoms with E-state index < -0.39 is 34.6 Å². The van der Waals surface area contributed by atoms with Gasteiger partial charge in [-0.2, -0.15) is 0 Å². The largest absolute Gasteiger partial charge is 0.478 e. The molecule has 1 rings (SSSR count). The first kappa shape index (κ1) is 14.1. The number of carbonyl (C=O) groups is 3. The minimum absolute atomic E-state index is 0. The third kappa shape index (κ3) is 2.59. The number of rotatable bonds is 3. The average molecular weight is 266 g/mol. The summed E-state index contributed by atoms with van der Waals surface area (Å²) in [6.45, 7) is 0. The summed E-state index contributed by atoms with van der Waals surface area (Å²) < 4.78 is 0. The summed E-state index contributed by atoms with van der Waals surface area (Å²) in [5.41, 5.74) is -1.79. The molecule has 0 saturated heterocycles. The molecule has 0 unspecified atom stereocenters. The van der Waals surface area contributed by atoms with Crippen molar-refractivity contribution in [1.29, 1.82) is 0 Å². The molecule has 0 spiro atoms. The van der Waals surface area contributed by atoms with E-state index in [1.165, 1.54) is 6.07 Å². The van der Waals surface area contributed by atoms with Crippen LogP contribution >= 0.6 is 0 Å². The van der Waals surface area contributed by atoms with E-state index in [-0.39, 0.29) is 17.1 Å². The molecule has 0 fully saturated rings. The number of carboxylic acid groups (broad SMARTS) is 3. The second kappa shape index (κ2) is 5.29. The molecule has 0 aliphatic heterocycles. The van der Waals surface area contributed by atoms with Crippen LogP contribution in [0.25, 0.3) is 0 Å². The molecule has 1 aromatic carbocycles. The molecule has 7 heteroatoms. The Labute approximate surface area is 100.0 Å². The molecule has 0 aromatic heterocycles. The van der Waals surface area contributed by atoms with E-state index in [2.05, 4.69) is 0 Å².